The lowest BCUT2D eigenvalue weighted by Gasteiger charge is -2.39. The van der Waals surface area contributed by atoms with Crippen molar-refractivity contribution in [2.75, 3.05) is 0 Å². The van der Waals surface area contributed by atoms with Gasteiger partial charge in [0.25, 0.3) is 5.89 Å². The Morgan fingerprint density at radius 3 is 2.24 bits per heavy atom. The highest BCUT2D eigenvalue weighted by Gasteiger charge is 2.63. The largest absolute Gasteiger partial charge is 0.418 e. The molecule has 0 amide bonds. The topological polar surface area (TPSA) is 56.7 Å². The van der Waals surface area contributed by atoms with Crippen molar-refractivity contribution in [1.29, 1.82) is 0 Å². The fourth-order valence-corrected chi connectivity index (χ4v) is 4.74. The maximum absolute atomic E-state index is 13.8. The fourth-order valence-electron chi connectivity index (χ4n) is 4.12. The molecule has 5 rings (SSSR count). The van der Waals surface area contributed by atoms with Crippen molar-refractivity contribution in [3.05, 3.63) is 69.1 Å². The number of alkyl halides is 3. The summed E-state index contributed by atoms with van der Waals surface area (Å²) >= 11 is 18.6. The van der Waals surface area contributed by atoms with Crippen LogP contribution >= 0.6 is 34.8 Å². The number of hydrogen-bond acceptors (Lipinski definition) is 4. The summed E-state index contributed by atoms with van der Waals surface area (Å²) in [7, 11) is 0. The fraction of sp³-hybridized carbons (Fsp3) is 0.261. The number of aromatic nitrogens is 4. The van der Waals surface area contributed by atoms with Gasteiger partial charge in [0.05, 0.1) is 10.7 Å². The third-order valence-corrected chi connectivity index (χ3v) is 6.95. The smallest absolute Gasteiger partial charge is 0.403 e. The quantitative estimate of drug-likeness (QED) is 0.271. The van der Waals surface area contributed by atoms with Gasteiger partial charge in [-0.05, 0) is 62.2 Å². The van der Waals surface area contributed by atoms with Crippen molar-refractivity contribution in [3.8, 4) is 28.7 Å². The minimum Gasteiger partial charge on any atom is -0.418 e. The van der Waals surface area contributed by atoms with Crippen molar-refractivity contribution >= 4 is 34.8 Å². The van der Waals surface area contributed by atoms with Crippen LogP contribution in [0.4, 0.5) is 13.2 Å². The molecule has 0 bridgehead atoms. The summed E-state index contributed by atoms with van der Waals surface area (Å²) in [5, 5.41) is 9.07. The van der Waals surface area contributed by atoms with Gasteiger partial charge in [0, 0.05) is 21.3 Å². The molecule has 11 heteroatoms. The summed E-state index contributed by atoms with van der Waals surface area (Å²) in [5.41, 5.74) is 0.0142. The number of imidazole rings is 1. The summed E-state index contributed by atoms with van der Waals surface area (Å²) in [6.07, 6.45) is -4.20. The summed E-state index contributed by atoms with van der Waals surface area (Å²) in [5.74, 6) is -0.0970. The Hall–Kier alpha value is -2.55. The lowest BCUT2D eigenvalue weighted by Crippen LogP contribution is -2.48. The second-order valence-corrected chi connectivity index (χ2v) is 9.43. The summed E-state index contributed by atoms with van der Waals surface area (Å²) in [4.78, 5) is 4.67. The van der Waals surface area contributed by atoms with E-state index in [0.29, 0.717) is 44.3 Å². The molecule has 1 fully saturated rings. The Labute approximate surface area is 207 Å². The van der Waals surface area contributed by atoms with E-state index in [9.17, 15) is 13.2 Å². The molecule has 0 spiro atoms. The van der Waals surface area contributed by atoms with Crippen LogP contribution in [-0.2, 0) is 5.41 Å². The first-order valence-corrected chi connectivity index (χ1v) is 11.5. The molecule has 2 aromatic carbocycles. The molecule has 0 atom stereocenters. The summed E-state index contributed by atoms with van der Waals surface area (Å²) < 4.78 is 48.7. The van der Waals surface area contributed by atoms with Crippen LogP contribution in [0.5, 0.6) is 0 Å². The molecular formula is C23H16Cl3F3N4O. The van der Waals surface area contributed by atoms with Crippen molar-refractivity contribution in [3.63, 3.8) is 0 Å². The average molecular weight is 528 g/mol. The van der Waals surface area contributed by atoms with Gasteiger partial charge in [-0.1, -0.05) is 41.2 Å². The normalized spacial score (nSPS) is 15.4. The monoisotopic (exact) mass is 526 g/mol. The predicted octanol–water partition coefficient (Wildman–Crippen LogP) is 7.84. The van der Waals surface area contributed by atoms with Crippen molar-refractivity contribution < 1.29 is 17.6 Å². The van der Waals surface area contributed by atoms with Gasteiger partial charge < -0.3 is 4.42 Å². The van der Waals surface area contributed by atoms with Crippen LogP contribution in [0.1, 0.15) is 30.8 Å². The number of nitrogens with zero attached hydrogens (tertiary/aromatic N) is 4. The SMILES string of the molecule is Cc1c(-c2nnc(C3(C(F)(F)F)CCC3)o2)nc(-c2ccc(Cl)cc2Cl)n1-c1ccc(Cl)cc1. The van der Waals surface area contributed by atoms with Crippen LogP contribution in [0.15, 0.2) is 46.9 Å². The lowest BCUT2D eigenvalue weighted by atomic mass is 9.68. The minimum atomic E-state index is -4.48. The number of benzene rings is 2. The van der Waals surface area contributed by atoms with E-state index in [4.69, 9.17) is 39.2 Å². The molecule has 0 N–H and O–H groups in total. The zero-order chi connectivity index (χ0) is 24.3. The standard InChI is InChI=1S/C23H16Cl3F3N4O/c1-12-18(20-31-32-21(34-20)22(9-2-10-22)23(27,28)29)30-19(16-8-5-14(25)11-17(16)26)33(12)15-6-3-13(24)4-7-15/h3-8,11H,2,9-10H2,1H3. The molecule has 4 aromatic rings. The molecule has 2 heterocycles. The summed E-state index contributed by atoms with van der Waals surface area (Å²) in [6.45, 7) is 1.76. The molecule has 0 unspecified atom stereocenters. The van der Waals surface area contributed by atoms with Gasteiger partial charge in [0.1, 0.15) is 16.9 Å². The molecule has 5 nitrogen and oxygen atoms in total. The van der Waals surface area contributed by atoms with E-state index in [1.165, 1.54) is 0 Å². The van der Waals surface area contributed by atoms with E-state index >= 15 is 0 Å². The van der Waals surface area contributed by atoms with Gasteiger partial charge in [0.2, 0.25) is 5.89 Å². The third kappa shape index (κ3) is 3.68. The minimum absolute atomic E-state index is 0.0814. The van der Waals surface area contributed by atoms with Gasteiger partial charge in [0.15, 0.2) is 0 Å². The van der Waals surface area contributed by atoms with Crippen LogP contribution in [0.3, 0.4) is 0 Å². The Morgan fingerprint density at radius 1 is 0.971 bits per heavy atom. The van der Waals surface area contributed by atoms with E-state index in [0.717, 1.165) is 0 Å². The first-order valence-electron chi connectivity index (χ1n) is 10.3. The maximum atomic E-state index is 13.8. The van der Waals surface area contributed by atoms with E-state index in [1.54, 1.807) is 54.0 Å². The van der Waals surface area contributed by atoms with Gasteiger partial charge in [-0.25, -0.2) is 4.98 Å². The zero-order valence-corrected chi connectivity index (χ0v) is 19.9. The molecule has 34 heavy (non-hydrogen) atoms. The third-order valence-electron chi connectivity index (χ3n) is 6.15. The Kier molecular flexibility index (Phi) is 5.66. The predicted molar refractivity (Wildman–Crippen MR) is 124 cm³/mol. The second-order valence-electron chi connectivity index (χ2n) is 8.15. The van der Waals surface area contributed by atoms with Crippen LogP contribution in [0.2, 0.25) is 15.1 Å². The zero-order valence-electron chi connectivity index (χ0n) is 17.6. The van der Waals surface area contributed by atoms with Crippen LogP contribution in [0, 0.1) is 6.92 Å². The Bertz CT molecular complexity index is 1380. The highest BCUT2D eigenvalue weighted by Crippen LogP contribution is 2.54. The molecule has 2 aromatic heterocycles. The van der Waals surface area contributed by atoms with Crippen LogP contribution < -0.4 is 0 Å². The van der Waals surface area contributed by atoms with E-state index < -0.39 is 17.5 Å². The van der Waals surface area contributed by atoms with Gasteiger partial charge in [-0.3, -0.25) is 4.57 Å². The van der Waals surface area contributed by atoms with Gasteiger partial charge in [-0.2, -0.15) is 13.2 Å². The first-order chi connectivity index (χ1) is 16.1. The van der Waals surface area contributed by atoms with Crippen LogP contribution in [-0.4, -0.2) is 25.9 Å². The van der Waals surface area contributed by atoms with Crippen molar-refractivity contribution in [2.24, 2.45) is 0 Å². The van der Waals surface area contributed by atoms with Crippen LogP contribution in [0.25, 0.3) is 28.7 Å². The molecule has 0 aliphatic heterocycles. The Balaban J connectivity index is 1.68. The highest BCUT2D eigenvalue weighted by atomic mass is 35.5. The van der Waals surface area contributed by atoms with Gasteiger partial charge >= 0.3 is 6.18 Å². The second kappa shape index (κ2) is 8.29. The average Bonchev–Trinajstić information content (AvgIpc) is 3.32. The lowest BCUT2D eigenvalue weighted by molar-refractivity contribution is -0.219. The summed E-state index contributed by atoms with van der Waals surface area (Å²) in [6, 6.07) is 12.0. The number of halogens is 6. The highest BCUT2D eigenvalue weighted by molar-refractivity contribution is 6.36. The Morgan fingerprint density at radius 2 is 1.65 bits per heavy atom. The maximum Gasteiger partial charge on any atom is 0.403 e. The molecule has 0 saturated heterocycles. The first kappa shape index (κ1) is 23.2. The van der Waals surface area contributed by atoms with E-state index in [1.807, 2.05) is 0 Å². The number of hydrogen-bond donors (Lipinski definition) is 0. The molecule has 1 aliphatic carbocycles. The van der Waals surface area contributed by atoms with Crippen molar-refractivity contribution in [2.45, 2.75) is 37.8 Å². The molecular weight excluding hydrogens is 512 g/mol. The van der Waals surface area contributed by atoms with E-state index in [2.05, 4.69) is 15.2 Å². The van der Waals surface area contributed by atoms with E-state index in [-0.39, 0.29) is 24.4 Å². The van der Waals surface area contributed by atoms with Crippen molar-refractivity contribution in [1.82, 2.24) is 19.7 Å². The molecule has 1 aliphatic rings. The molecule has 176 valence electrons. The van der Waals surface area contributed by atoms with Gasteiger partial charge in [-0.15, -0.1) is 10.2 Å². The number of rotatable bonds is 4. The molecule has 0 radical (unpaired) electrons. The molecule has 1 saturated carbocycles.